The summed E-state index contributed by atoms with van der Waals surface area (Å²) in [6, 6.07) is 87.1. The summed E-state index contributed by atoms with van der Waals surface area (Å²) in [5.74, 6) is 0. The largest absolute Gasteiger partial charge is 0.309 e. The van der Waals surface area contributed by atoms with Crippen molar-refractivity contribution in [1.82, 2.24) is 8.80 Å². The zero-order valence-electron chi connectivity index (χ0n) is 43.4. The van der Waals surface area contributed by atoms with Gasteiger partial charge in [-0.25, -0.2) is 0 Å². The molecule has 0 N–H and O–H groups in total. The van der Waals surface area contributed by atoms with E-state index in [0.717, 1.165) is 37.1 Å². The molecule has 4 heterocycles. The summed E-state index contributed by atoms with van der Waals surface area (Å²) < 4.78 is 5.17. The molecule has 0 amide bonds. The molecule has 0 atom stereocenters. The highest BCUT2D eigenvalue weighted by molar-refractivity contribution is 6.32. The Hall–Kier alpha value is -9.38. The molecular weight excluding hydrogens is 945 g/mol. The third kappa shape index (κ3) is 6.23. The number of benzene rings is 11. The van der Waals surface area contributed by atoms with E-state index >= 15 is 0 Å². The maximum atomic E-state index is 2.59. The molecule has 0 saturated heterocycles. The van der Waals surface area contributed by atoms with E-state index in [1.54, 1.807) is 0 Å². The van der Waals surface area contributed by atoms with E-state index < -0.39 is 0 Å². The normalized spacial score (nSPS) is 13.7. The van der Waals surface area contributed by atoms with Crippen LogP contribution in [-0.4, -0.2) is 8.80 Å². The molecule has 0 saturated carbocycles. The van der Waals surface area contributed by atoms with Crippen molar-refractivity contribution in [2.75, 3.05) is 9.80 Å². The highest BCUT2D eigenvalue weighted by Gasteiger charge is 2.31. The lowest BCUT2D eigenvalue weighted by Crippen LogP contribution is -2.14. The van der Waals surface area contributed by atoms with E-state index in [9.17, 15) is 0 Å². The number of aryl methyl sites for hydroxylation is 2. The van der Waals surface area contributed by atoms with Crippen molar-refractivity contribution in [3.63, 3.8) is 0 Å². The first-order valence-corrected chi connectivity index (χ1v) is 28.2. The molecule has 4 nitrogen and oxygen atoms in total. The third-order valence-corrected chi connectivity index (χ3v) is 17.9. The molecule has 0 spiro atoms. The first-order chi connectivity index (χ1) is 38.8. The van der Waals surface area contributed by atoms with Crippen LogP contribution < -0.4 is 9.80 Å². The predicted octanol–water partition coefficient (Wildman–Crippen LogP) is 20.0. The molecule has 0 unspecified atom stereocenters. The molecule has 4 heteroatoms. The van der Waals surface area contributed by atoms with Crippen molar-refractivity contribution < 1.29 is 0 Å². The van der Waals surface area contributed by atoms with E-state index in [4.69, 9.17) is 0 Å². The van der Waals surface area contributed by atoms with Crippen LogP contribution in [-0.2, 0) is 25.7 Å². The van der Waals surface area contributed by atoms with Gasteiger partial charge in [0.1, 0.15) is 0 Å². The molecule has 17 rings (SSSR count). The third-order valence-electron chi connectivity index (χ3n) is 17.9. The second-order valence-corrected chi connectivity index (χ2v) is 22.0. The minimum Gasteiger partial charge on any atom is -0.309 e. The second kappa shape index (κ2) is 17.1. The SMILES string of the molecule is c1ccc(-c2c(N(c3ccccc3)c3ccc4c5cc6c(cc5n5c7ccccc7c3c45)c3ccc(N(c4ccccc4)c4ccc5c(c4-c4ccccc4)CCCC5)c4c5ccccc5n6c34)ccc3c2CCCC3)cc1. The van der Waals surface area contributed by atoms with Gasteiger partial charge in [-0.05, 0) is 158 Å². The lowest BCUT2D eigenvalue weighted by Gasteiger charge is -2.31. The fraction of sp³-hybridized carbons (Fsp3) is 0.108. The van der Waals surface area contributed by atoms with E-state index in [0.29, 0.717) is 0 Å². The lowest BCUT2D eigenvalue weighted by atomic mass is 9.84. The minimum absolute atomic E-state index is 1.09. The summed E-state index contributed by atoms with van der Waals surface area (Å²) in [5.41, 5.74) is 25.8. The van der Waals surface area contributed by atoms with Gasteiger partial charge in [0, 0.05) is 65.6 Å². The molecule has 4 aromatic heterocycles. The van der Waals surface area contributed by atoms with Crippen LogP contribution >= 0.6 is 0 Å². The molecule has 11 aromatic carbocycles. The van der Waals surface area contributed by atoms with Crippen molar-refractivity contribution in [3.05, 3.63) is 253 Å². The molecule has 0 radical (unpaired) electrons. The number of hydrogen-bond acceptors (Lipinski definition) is 2. The van der Waals surface area contributed by atoms with Crippen LogP contribution in [0.3, 0.4) is 0 Å². The van der Waals surface area contributed by atoms with E-state index in [1.165, 1.54) is 169 Å². The van der Waals surface area contributed by atoms with Crippen LogP contribution in [0.5, 0.6) is 0 Å². The standard InChI is InChI=1S/C74H54N4/c1-5-23-49(24-6-1)69-53-31-15-13-21-47(53)37-41-63(69)75(51-27-9-3-10-28-51)65-43-39-55-59-45-68-60(46-67(59)77-61-35-19-17-33-57(61)71(65)73(55)77)56-40-44-66(72-58-34-18-20-36-62(58)78(68)74(56)72)76(52-29-11-4-12-30-52)64-42-38-48-22-14-16-32-54(48)70(64)50-25-7-2-8-26-50/h1-12,17-20,23-30,33-46H,13-16,21-22,31-32H2. The number of aromatic nitrogens is 2. The summed E-state index contributed by atoms with van der Waals surface area (Å²) in [6.45, 7) is 0. The second-order valence-electron chi connectivity index (χ2n) is 22.0. The first kappa shape index (κ1) is 43.8. The summed E-state index contributed by atoms with van der Waals surface area (Å²) in [7, 11) is 0. The van der Waals surface area contributed by atoms with Crippen LogP contribution in [0.1, 0.15) is 47.9 Å². The van der Waals surface area contributed by atoms with Gasteiger partial charge in [-0.3, -0.25) is 0 Å². The van der Waals surface area contributed by atoms with Crippen molar-refractivity contribution in [3.8, 4) is 22.3 Å². The number of fused-ring (bicyclic) bond motifs is 14. The number of hydrogen-bond donors (Lipinski definition) is 0. The number of para-hydroxylation sites is 4. The molecule has 0 bridgehead atoms. The maximum Gasteiger partial charge on any atom is 0.0641 e. The van der Waals surface area contributed by atoms with Gasteiger partial charge in [-0.1, -0.05) is 158 Å². The van der Waals surface area contributed by atoms with Gasteiger partial charge in [0.25, 0.3) is 0 Å². The fourth-order valence-electron chi connectivity index (χ4n) is 14.7. The van der Waals surface area contributed by atoms with Gasteiger partial charge in [-0.15, -0.1) is 0 Å². The average molecular weight is 999 g/mol. The Morgan fingerprint density at radius 3 is 1.09 bits per heavy atom. The number of anilines is 6. The van der Waals surface area contributed by atoms with Gasteiger partial charge >= 0.3 is 0 Å². The molecule has 0 aliphatic heterocycles. The van der Waals surface area contributed by atoms with Crippen LogP contribution in [0.2, 0.25) is 0 Å². The van der Waals surface area contributed by atoms with Crippen LogP contribution in [0.25, 0.3) is 98.4 Å². The van der Waals surface area contributed by atoms with Crippen LogP contribution in [0, 0.1) is 0 Å². The fourth-order valence-corrected chi connectivity index (χ4v) is 14.7. The van der Waals surface area contributed by atoms with Crippen molar-refractivity contribution in [2.45, 2.75) is 51.4 Å². The van der Waals surface area contributed by atoms with E-state index in [2.05, 4.69) is 249 Å². The van der Waals surface area contributed by atoms with Gasteiger partial charge in [0.05, 0.1) is 55.8 Å². The van der Waals surface area contributed by atoms with E-state index in [-0.39, 0.29) is 0 Å². The topological polar surface area (TPSA) is 15.3 Å². The van der Waals surface area contributed by atoms with Crippen LogP contribution in [0.4, 0.5) is 34.1 Å². The highest BCUT2D eigenvalue weighted by atomic mass is 15.2. The molecule has 78 heavy (non-hydrogen) atoms. The molecule has 0 fully saturated rings. The first-order valence-electron chi connectivity index (χ1n) is 28.2. The highest BCUT2D eigenvalue weighted by Crippen LogP contribution is 2.54. The molecule has 370 valence electrons. The Morgan fingerprint density at radius 1 is 0.282 bits per heavy atom. The Kier molecular flexibility index (Phi) is 9.59. The summed E-state index contributed by atoms with van der Waals surface area (Å²) >= 11 is 0. The lowest BCUT2D eigenvalue weighted by molar-refractivity contribution is 0.687. The van der Waals surface area contributed by atoms with Gasteiger partial charge in [-0.2, -0.15) is 0 Å². The molecular formula is C74H54N4. The van der Waals surface area contributed by atoms with Crippen LogP contribution in [0.15, 0.2) is 231 Å². The average Bonchev–Trinajstić information content (AvgIpc) is 4.40. The van der Waals surface area contributed by atoms with Gasteiger partial charge in [0.15, 0.2) is 0 Å². The zero-order valence-corrected chi connectivity index (χ0v) is 43.4. The van der Waals surface area contributed by atoms with Gasteiger partial charge < -0.3 is 18.6 Å². The van der Waals surface area contributed by atoms with Crippen molar-refractivity contribution in [2.24, 2.45) is 0 Å². The Morgan fingerprint density at radius 2 is 0.654 bits per heavy atom. The smallest absolute Gasteiger partial charge is 0.0641 e. The molecule has 15 aromatic rings. The zero-order chi connectivity index (χ0) is 51.0. The summed E-state index contributed by atoms with van der Waals surface area (Å²) in [6.07, 6.45) is 9.34. The number of rotatable bonds is 8. The summed E-state index contributed by atoms with van der Waals surface area (Å²) in [4.78, 5) is 5.14. The predicted molar refractivity (Wildman–Crippen MR) is 329 cm³/mol. The quantitative estimate of drug-likeness (QED) is 0.151. The Labute approximate surface area is 452 Å². The minimum atomic E-state index is 1.09. The van der Waals surface area contributed by atoms with E-state index in [1.807, 2.05) is 0 Å². The Bertz CT molecular complexity index is 4530. The van der Waals surface area contributed by atoms with Crippen molar-refractivity contribution in [1.29, 1.82) is 0 Å². The monoisotopic (exact) mass is 998 g/mol. The number of nitrogens with zero attached hydrogens (tertiary/aromatic N) is 4. The Balaban J connectivity index is 0.936. The maximum absolute atomic E-state index is 2.59. The molecule has 2 aliphatic rings. The van der Waals surface area contributed by atoms with Gasteiger partial charge in [0.2, 0.25) is 0 Å². The van der Waals surface area contributed by atoms with Crippen molar-refractivity contribution >= 4 is 110 Å². The molecule has 2 aliphatic carbocycles. The summed E-state index contributed by atoms with van der Waals surface area (Å²) in [5, 5.41) is 10.1.